The van der Waals surface area contributed by atoms with Gasteiger partial charge in [-0.2, -0.15) is 0 Å². The van der Waals surface area contributed by atoms with Crippen LogP contribution >= 0.6 is 0 Å². The maximum Gasteiger partial charge on any atom is 0.131 e. The highest BCUT2D eigenvalue weighted by Crippen LogP contribution is 2.26. The van der Waals surface area contributed by atoms with Crippen molar-refractivity contribution in [2.75, 3.05) is 18.5 Å². The minimum absolute atomic E-state index is 0.160. The second kappa shape index (κ2) is 5.86. The molecule has 0 aliphatic heterocycles. The van der Waals surface area contributed by atoms with E-state index in [1.54, 1.807) is 6.92 Å². The number of fused-ring (bicyclic) bond motifs is 1. The Kier molecular flexibility index (Phi) is 4.39. The summed E-state index contributed by atoms with van der Waals surface area (Å²) in [6, 6.07) is 2.11. The van der Waals surface area contributed by atoms with Gasteiger partial charge in [-0.3, -0.25) is 0 Å². The Balaban J connectivity index is 2.33. The molecule has 0 amide bonds. The zero-order chi connectivity index (χ0) is 13.9. The molecule has 0 saturated heterocycles. The number of aliphatic hydroxyl groups excluding tert-OH is 2. The first-order chi connectivity index (χ1) is 9.11. The summed E-state index contributed by atoms with van der Waals surface area (Å²) in [5, 5.41) is 21.9. The van der Waals surface area contributed by atoms with E-state index in [0.29, 0.717) is 12.4 Å². The number of anilines is 1. The van der Waals surface area contributed by atoms with Gasteiger partial charge in [-0.15, -0.1) is 0 Å². The summed E-state index contributed by atoms with van der Waals surface area (Å²) in [6.45, 7) is 1.84. The Labute approximate surface area is 113 Å². The van der Waals surface area contributed by atoms with Crippen LogP contribution < -0.4 is 11.1 Å². The third-order valence-corrected chi connectivity index (χ3v) is 3.72. The van der Waals surface area contributed by atoms with Crippen LogP contribution in [0, 0.1) is 0 Å². The first kappa shape index (κ1) is 14.2. The number of nitrogens with zero attached hydrogens (tertiary/aromatic N) is 1. The molecule has 5 heteroatoms. The number of nitrogens with two attached hydrogens (primary N) is 1. The summed E-state index contributed by atoms with van der Waals surface area (Å²) >= 11 is 0. The van der Waals surface area contributed by atoms with Crippen molar-refractivity contribution < 1.29 is 10.2 Å². The Morgan fingerprint density at radius 3 is 2.63 bits per heavy atom. The second-order valence-electron chi connectivity index (χ2n) is 5.52. The second-order valence-corrected chi connectivity index (χ2v) is 5.52. The highest BCUT2D eigenvalue weighted by Gasteiger charge is 2.24. The van der Waals surface area contributed by atoms with Crippen LogP contribution in [0.2, 0.25) is 0 Å². The summed E-state index contributed by atoms with van der Waals surface area (Å²) in [5.41, 5.74) is 8.34. The number of rotatable bonds is 5. The fourth-order valence-electron chi connectivity index (χ4n) is 2.36. The molecule has 0 bridgehead atoms. The van der Waals surface area contributed by atoms with Gasteiger partial charge in [-0.1, -0.05) is 0 Å². The van der Waals surface area contributed by atoms with Crippen LogP contribution in [0.25, 0.3) is 0 Å². The third-order valence-electron chi connectivity index (χ3n) is 3.72. The van der Waals surface area contributed by atoms with Gasteiger partial charge < -0.3 is 21.3 Å². The van der Waals surface area contributed by atoms with Gasteiger partial charge in [0, 0.05) is 17.8 Å². The maximum absolute atomic E-state index is 9.37. The molecule has 19 heavy (non-hydrogen) atoms. The van der Waals surface area contributed by atoms with Crippen LogP contribution in [0.3, 0.4) is 0 Å². The number of aromatic nitrogens is 1. The molecule has 1 aromatic rings. The van der Waals surface area contributed by atoms with E-state index in [9.17, 15) is 10.2 Å². The van der Waals surface area contributed by atoms with Crippen molar-refractivity contribution in [3.8, 4) is 0 Å². The first-order valence-electron chi connectivity index (χ1n) is 6.83. The minimum atomic E-state index is -0.778. The SMILES string of the molecule is CC(CO)(CO)Nc1nc2c(cc1CN)CCCC2. The first-order valence-corrected chi connectivity index (χ1v) is 6.83. The number of pyridine rings is 1. The van der Waals surface area contributed by atoms with E-state index in [1.165, 1.54) is 18.4 Å². The molecule has 1 aromatic heterocycles. The van der Waals surface area contributed by atoms with Gasteiger partial charge in [-0.25, -0.2) is 4.98 Å². The lowest BCUT2D eigenvalue weighted by Crippen LogP contribution is -2.43. The average molecular weight is 265 g/mol. The summed E-state index contributed by atoms with van der Waals surface area (Å²) in [7, 11) is 0. The van der Waals surface area contributed by atoms with Crippen LogP contribution in [0.1, 0.15) is 36.6 Å². The average Bonchev–Trinajstić information content (AvgIpc) is 2.46. The Morgan fingerprint density at radius 2 is 2.00 bits per heavy atom. The summed E-state index contributed by atoms with van der Waals surface area (Å²) < 4.78 is 0. The summed E-state index contributed by atoms with van der Waals surface area (Å²) in [5.74, 6) is 0.689. The molecule has 0 aromatic carbocycles. The van der Waals surface area contributed by atoms with E-state index < -0.39 is 5.54 Å². The van der Waals surface area contributed by atoms with E-state index in [2.05, 4.69) is 16.4 Å². The van der Waals surface area contributed by atoms with Gasteiger partial charge in [-0.05, 0) is 44.2 Å². The molecule has 1 aliphatic carbocycles. The molecular formula is C14H23N3O2. The molecule has 2 rings (SSSR count). The molecule has 0 radical (unpaired) electrons. The molecule has 0 atom stereocenters. The quantitative estimate of drug-likeness (QED) is 0.625. The van der Waals surface area contributed by atoms with E-state index in [4.69, 9.17) is 5.73 Å². The summed E-state index contributed by atoms with van der Waals surface area (Å²) in [4.78, 5) is 4.65. The fourth-order valence-corrected chi connectivity index (χ4v) is 2.36. The van der Waals surface area contributed by atoms with Gasteiger partial charge in [0.05, 0.1) is 18.8 Å². The van der Waals surface area contributed by atoms with Gasteiger partial charge in [0.1, 0.15) is 5.82 Å². The van der Waals surface area contributed by atoms with E-state index >= 15 is 0 Å². The molecule has 1 heterocycles. The lowest BCUT2D eigenvalue weighted by Gasteiger charge is -2.29. The maximum atomic E-state index is 9.37. The smallest absolute Gasteiger partial charge is 0.131 e. The topological polar surface area (TPSA) is 91.4 Å². The molecule has 1 aliphatic rings. The zero-order valence-corrected chi connectivity index (χ0v) is 11.4. The van der Waals surface area contributed by atoms with Gasteiger partial charge in [0.25, 0.3) is 0 Å². The molecule has 5 nitrogen and oxygen atoms in total. The van der Waals surface area contributed by atoms with Gasteiger partial charge in [0.15, 0.2) is 0 Å². The lowest BCUT2D eigenvalue weighted by atomic mass is 9.94. The molecule has 106 valence electrons. The van der Waals surface area contributed by atoms with Gasteiger partial charge >= 0.3 is 0 Å². The van der Waals surface area contributed by atoms with Crippen molar-refractivity contribution >= 4 is 5.82 Å². The predicted octanol–water partition coefficient (Wildman–Crippen LogP) is 0.574. The van der Waals surface area contributed by atoms with Crippen LogP contribution in [-0.2, 0) is 19.4 Å². The van der Waals surface area contributed by atoms with Crippen molar-refractivity contribution in [3.63, 3.8) is 0 Å². The van der Waals surface area contributed by atoms with Crippen LogP contribution in [0.5, 0.6) is 0 Å². The van der Waals surface area contributed by atoms with Crippen molar-refractivity contribution in [1.82, 2.24) is 4.98 Å². The van der Waals surface area contributed by atoms with Crippen molar-refractivity contribution in [1.29, 1.82) is 0 Å². The molecule has 0 saturated carbocycles. The predicted molar refractivity (Wildman–Crippen MR) is 75.0 cm³/mol. The molecular weight excluding hydrogens is 242 g/mol. The third kappa shape index (κ3) is 3.05. The summed E-state index contributed by atoms with van der Waals surface area (Å²) in [6.07, 6.45) is 4.42. The fraction of sp³-hybridized carbons (Fsp3) is 0.643. The van der Waals surface area contributed by atoms with Crippen molar-refractivity contribution in [2.24, 2.45) is 5.73 Å². The van der Waals surface area contributed by atoms with E-state index in [-0.39, 0.29) is 13.2 Å². The van der Waals surface area contributed by atoms with E-state index in [0.717, 1.165) is 24.1 Å². The molecule has 5 N–H and O–H groups in total. The Morgan fingerprint density at radius 1 is 1.32 bits per heavy atom. The zero-order valence-electron chi connectivity index (χ0n) is 11.4. The molecule has 0 spiro atoms. The number of hydrogen-bond donors (Lipinski definition) is 4. The van der Waals surface area contributed by atoms with Crippen molar-refractivity contribution in [2.45, 2.75) is 44.7 Å². The van der Waals surface area contributed by atoms with E-state index in [1.807, 2.05) is 0 Å². The number of hydrogen-bond acceptors (Lipinski definition) is 5. The molecule has 0 fully saturated rings. The standard InChI is InChI=1S/C14H23N3O2/c1-14(8-18,9-19)17-13-11(7-15)6-10-4-2-3-5-12(10)16-13/h6,18-19H,2-5,7-9,15H2,1H3,(H,16,17). The lowest BCUT2D eigenvalue weighted by molar-refractivity contribution is 0.147. The van der Waals surface area contributed by atoms with Crippen LogP contribution in [0.15, 0.2) is 6.07 Å². The highest BCUT2D eigenvalue weighted by atomic mass is 16.3. The minimum Gasteiger partial charge on any atom is -0.394 e. The normalized spacial score (nSPS) is 15.2. The number of aliphatic hydroxyl groups is 2. The van der Waals surface area contributed by atoms with Gasteiger partial charge in [0.2, 0.25) is 0 Å². The Bertz CT molecular complexity index is 445. The van der Waals surface area contributed by atoms with Crippen molar-refractivity contribution in [3.05, 3.63) is 22.9 Å². The monoisotopic (exact) mass is 265 g/mol. The van der Waals surface area contributed by atoms with Crippen LogP contribution in [0.4, 0.5) is 5.82 Å². The highest BCUT2D eigenvalue weighted by molar-refractivity contribution is 5.50. The number of aryl methyl sites for hydroxylation is 2. The largest absolute Gasteiger partial charge is 0.394 e. The molecule has 0 unspecified atom stereocenters. The number of nitrogens with one attached hydrogen (secondary N) is 1. The van der Waals surface area contributed by atoms with Crippen LogP contribution in [-0.4, -0.2) is 33.9 Å². The Hall–Kier alpha value is -1.17.